The van der Waals surface area contributed by atoms with E-state index in [-0.39, 0.29) is 6.09 Å². The van der Waals surface area contributed by atoms with Crippen LogP contribution in [-0.2, 0) is 4.74 Å². The zero-order chi connectivity index (χ0) is 18.3. The van der Waals surface area contributed by atoms with Crippen molar-refractivity contribution in [2.24, 2.45) is 4.99 Å². The van der Waals surface area contributed by atoms with Gasteiger partial charge in [-0.05, 0) is 47.0 Å². The summed E-state index contributed by atoms with van der Waals surface area (Å²) in [5.41, 5.74) is -0.426. The Kier molecular flexibility index (Phi) is 7.35. The Hall–Kier alpha value is -1.50. The van der Waals surface area contributed by atoms with Crippen LogP contribution < -0.4 is 10.6 Å². The van der Waals surface area contributed by atoms with Crippen LogP contribution in [0.2, 0.25) is 0 Å². The summed E-state index contributed by atoms with van der Waals surface area (Å²) in [6, 6.07) is 0.624. The minimum Gasteiger partial charge on any atom is -0.444 e. The van der Waals surface area contributed by atoms with Crippen molar-refractivity contribution in [1.82, 2.24) is 20.4 Å². The van der Waals surface area contributed by atoms with E-state index in [1.165, 1.54) is 12.8 Å². The van der Waals surface area contributed by atoms with Crippen molar-refractivity contribution in [3.63, 3.8) is 0 Å². The number of amides is 1. The van der Waals surface area contributed by atoms with Crippen LogP contribution in [0, 0.1) is 0 Å². The van der Waals surface area contributed by atoms with Crippen LogP contribution in [0.4, 0.5) is 4.79 Å². The van der Waals surface area contributed by atoms with Crippen molar-refractivity contribution in [3.05, 3.63) is 0 Å². The first-order valence-corrected chi connectivity index (χ1v) is 9.62. The number of nitrogens with zero attached hydrogens (tertiary/aromatic N) is 3. The molecule has 2 rings (SSSR count). The lowest BCUT2D eigenvalue weighted by Gasteiger charge is -2.35. The normalized spacial score (nSPS) is 19.7. The van der Waals surface area contributed by atoms with E-state index in [2.05, 4.69) is 27.4 Å². The third-order valence-electron chi connectivity index (χ3n) is 4.19. The van der Waals surface area contributed by atoms with Gasteiger partial charge in [-0.15, -0.1) is 0 Å². The Morgan fingerprint density at radius 1 is 1.20 bits per heavy atom. The van der Waals surface area contributed by atoms with E-state index < -0.39 is 5.60 Å². The first-order valence-electron chi connectivity index (χ1n) is 9.62. The van der Waals surface area contributed by atoms with E-state index in [9.17, 15) is 4.79 Å². The average molecular weight is 354 g/mol. The van der Waals surface area contributed by atoms with Gasteiger partial charge in [-0.2, -0.15) is 0 Å². The number of ether oxygens (including phenoxy) is 1. The van der Waals surface area contributed by atoms with Gasteiger partial charge in [-0.3, -0.25) is 9.89 Å². The van der Waals surface area contributed by atoms with E-state index in [1.807, 2.05) is 25.7 Å². The molecule has 7 nitrogen and oxygen atoms in total. The molecule has 1 saturated heterocycles. The first-order chi connectivity index (χ1) is 11.9. The topological polar surface area (TPSA) is 69.2 Å². The lowest BCUT2D eigenvalue weighted by molar-refractivity contribution is 0.0145. The van der Waals surface area contributed by atoms with Gasteiger partial charge in [0.15, 0.2) is 5.96 Å². The van der Waals surface area contributed by atoms with E-state index in [1.54, 1.807) is 0 Å². The lowest BCUT2D eigenvalue weighted by Crippen LogP contribution is -2.50. The van der Waals surface area contributed by atoms with E-state index in [0.29, 0.717) is 6.04 Å². The molecular weight excluding hydrogens is 318 g/mol. The van der Waals surface area contributed by atoms with Gasteiger partial charge in [0.25, 0.3) is 0 Å². The summed E-state index contributed by atoms with van der Waals surface area (Å²) in [4.78, 5) is 20.9. The number of hydrogen-bond donors (Lipinski definition) is 2. The van der Waals surface area contributed by atoms with Crippen LogP contribution in [0.1, 0.15) is 47.0 Å². The highest BCUT2D eigenvalue weighted by Crippen LogP contribution is 2.18. The molecule has 0 radical (unpaired) electrons. The highest BCUT2D eigenvalue weighted by molar-refractivity contribution is 5.80. The Morgan fingerprint density at radius 3 is 2.44 bits per heavy atom. The van der Waals surface area contributed by atoms with Crippen molar-refractivity contribution in [3.8, 4) is 0 Å². The number of aliphatic imine (C=N–C) groups is 1. The SMILES string of the molecule is CCNC(=NCCCN1CCN(C(=O)OC(C)(C)C)CC1)NC1CC1. The summed E-state index contributed by atoms with van der Waals surface area (Å²) >= 11 is 0. The maximum Gasteiger partial charge on any atom is 0.410 e. The molecule has 0 aromatic carbocycles. The highest BCUT2D eigenvalue weighted by atomic mass is 16.6. The summed E-state index contributed by atoms with van der Waals surface area (Å²) in [6.07, 6.45) is 3.35. The molecule has 25 heavy (non-hydrogen) atoms. The summed E-state index contributed by atoms with van der Waals surface area (Å²) in [5.74, 6) is 0.944. The molecule has 2 fully saturated rings. The molecule has 2 N–H and O–H groups in total. The first kappa shape index (κ1) is 19.8. The number of rotatable bonds is 6. The molecule has 144 valence electrons. The van der Waals surface area contributed by atoms with E-state index in [4.69, 9.17) is 4.74 Å². The van der Waals surface area contributed by atoms with Crippen LogP contribution in [-0.4, -0.2) is 79.3 Å². The van der Waals surface area contributed by atoms with Gasteiger partial charge in [-0.1, -0.05) is 0 Å². The third kappa shape index (κ3) is 7.94. The minimum absolute atomic E-state index is 0.196. The molecule has 0 aromatic heterocycles. The molecule has 1 heterocycles. The number of nitrogens with one attached hydrogen (secondary N) is 2. The molecule has 1 aliphatic heterocycles. The number of carbonyl (C=O) groups is 1. The quantitative estimate of drug-likeness (QED) is 0.432. The standard InChI is InChI=1S/C18H35N5O2/c1-5-19-16(21-15-7-8-15)20-9-6-10-22-11-13-23(14-12-22)17(24)25-18(2,3)4/h15H,5-14H2,1-4H3,(H2,19,20,21). The highest BCUT2D eigenvalue weighted by Gasteiger charge is 2.25. The summed E-state index contributed by atoms with van der Waals surface area (Å²) in [7, 11) is 0. The van der Waals surface area contributed by atoms with Crippen molar-refractivity contribution < 1.29 is 9.53 Å². The number of guanidine groups is 1. The largest absolute Gasteiger partial charge is 0.444 e. The van der Waals surface area contributed by atoms with Crippen molar-refractivity contribution in [1.29, 1.82) is 0 Å². The molecule has 0 unspecified atom stereocenters. The zero-order valence-corrected chi connectivity index (χ0v) is 16.3. The molecule has 0 spiro atoms. The summed E-state index contributed by atoms with van der Waals surface area (Å²) in [6.45, 7) is 13.8. The van der Waals surface area contributed by atoms with Gasteiger partial charge in [0, 0.05) is 51.9 Å². The van der Waals surface area contributed by atoms with Gasteiger partial charge in [0.2, 0.25) is 0 Å². The monoisotopic (exact) mass is 353 g/mol. The number of piperazine rings is 1. The van der Waals surface area contributed by atoms with E-state index >= 15 is 0 Å². The lowest BCUT2D eigenvalue weighted by atomic mass is 10.2. The fourth-order valence-corrected chi connectivity index (χ4v) is 2.71. The maximum absolute atomic E-state index is 12.1. The number of carbonyl (C=O) groups excluding carboxylic acids is 1. The zero-order valence-electron chi connectivity index (χ0n) is 16.3. The summed E-state index contributed by atoms with van der Waals surface area (Å²) < 4.78 is 5.43. The fourth-order valence-electron chi connectivity index (χ4n) is 2.71. The fraction of sp³-hybridized carbons (Fsp3) is 0.889. The maximum atomic E-state index is 12.1. The van der Waals surface area contributed by atoms with Crippen LogP contribution in [0.3, 0.4) is 0 Å². The molecule has 0 atom stereocenters. The Labute approximate surface area is 152 Å². The van der Waals surface area contributed by atoms with Crippen molar-refractivity contribution in [2.45, 2.75) is 58.6 Å². The second-order valence-electron chi connectivity index (χ2n) is 7.84. The van der Waals surface area contributed by atoms with Gasteiger partial charge in [-0.25, -0.2) is 4.79 Å². The molecule has 0 aromatic rings. The molecule has 1 aliphatic carbocycles. The second-order valence-corrected chi connectivity index (χ2v) is 7.84. The van der Waals surface area contributed by atoms with Gasteiger partial charge < -0.3 is 20.3 Å². The van der Waals surface area contributed by atoms with Crippen molar-refractivity contribution >= 4 is 12.1 Å². The van der Waals surface area contributed by atoms with Crippen LogP contribution in [0.15, 0.2) is 4.99 Å². The molecular formula is C18H35N5O2. The van der Waals surface area contributed by atoms with Gasteiger partial charge in [0.1, 0.15) is 5.60 Å². The third-order valence-corrected chi connectivity index (χ3v) is 4.19. The van der Waals surface area contributed by atoms with Gasteiger partial charge >= 0.3 is 6.09 Å². The van der Waals surface area contributed by atoms with Crippen LogP contribution in [0.5, 0.6) is 0 Å². The average Bonchev–Trinajstić information content (AvgIpc) is 3.34. The second kappa shape index (κ2) is 9.27. The van der Waals surface area contributed by atoms with Crippen molar-refractivity contribution in [2.75, 3.05) is 45.8 Å². The summed E-state index contributed by atoms with van der Waals surface area (Å²) in [5, 5.41) is 6.73. The molecule has 1 saturated carbocycles. The predicted molar refractivity (Wildman–Crippen MR) is 101 cm³/mol. The molecule has 1 amide bonds. The number of hydrogen-bond acceptors (Lipinski definition) is 4. The Morgan fingerprint density at radius 2 is 1.88 bits per heavy atom. The molecule has 2 aliphatic rings. The smallest absolute Gasteiger partial charge is 0.410 e. The Bertz CT molecular complexity index is 449. The van der Waals surface area contributed by atoms with Crippen LogP contribution >= 0.6 is 0 Å². The van der Waals surface area contributed by atoms with Crippen LogP contribution in [0.25, 0.3) is 0 Å². The molecule has 7 heteroatoms. The predicted octanol–water partition coefficient (Wildman–Crippen LogP) is 1.65. The Balaban J connectivity index is 1.62. The molecule has 0 bridgehead atoms. The minimum atomic E-state index is -0.426. The van der Waals surface area contributed by atoms with Gasteiger partial charge in [0.05, 0.1) is 0 Å². The van der Waals surface area contributed by atoms with E-state index in [0.717, 1.165) is 58.2 Å².